The second kappa shape index (κ2) is 8.78. The van der Waals surface area contributed by atoms with Gasteiger partial charge < -0.3 is 18.6 Å². The molecule has 6 heteroatoms. The Morgan fingerprint density at radius 2 is 2.10 bits per heavy atom. The third-order valence-electron chi connectivity index (χ3n) is 5.91. The number of amides is 1. The summed E-state index contributed by atoms with van der Waals surface area (Å²) in [5.74, 6) is -0.215. The highest BCUT2D eigenvalue weighted by Crippen LogP contribution is 2.24. The largest absolute Gasteiger partial charge is 0.465 e. The zero-order valence-electron chi connectivity index (χ0n) is 17.6. The fraction of sp³-hybridized carbons (Fsp3) is 0.417. The number of aryl methyl sites for hydroxylation is 2. The van der Waals surface area contributed by atoms with Gasteiger partial charge in [-0.15, -0.1) is 0 Å². The van der Waals surface area contributed by atoms with Gasteiger partial charge in [0.25, 0.3) is 5.91 Å². The number of hydrogen-bond acceptors (Lipinski definition) is 4. The molecular weight excluding hydrogens is 380 g/mol. The van der Waals surface area contributed by atoms with Gasteiger partial charge in [-0.05, 0) is 49.9 Å². The maximum atomic E-state index is 12.9. The van der Waals surface area contributed by atoms with Crippen molar-refractivity contribution in [1.29, 1.82) is 0 Å². The summed E-state index contributed by atoms with van der Waals surface area (Å²) < 4.78 is 12.9. The molecule has 1 unspecified atom stereocenters. The maximum Gasteiger partial charge on any atom is 0.310 e. The number of carbonyl (C=O) groups is 2. The molecule has 1 amide bonds. The Hall–Kier alpha value is -3.02. The van der Waals surface area contributed by atoms with Crippen LogP contribution in [0.25, 0.3) is 11.0 Å². The maximum absolute atomic E-state index is 12.9. The topological polar surface area (TPSA) is 64.7 Å². The van der Waals surface area contributed by atoms with E-state index in [9.17, 15) is 9.59 Å². The molecule has 1 fully saturated rings. The van der Waals surface area contributed by atoms with E-state index in [-0.39, 0.29) is 24.3 Å². The van der Waals surface area contributed by atoms with Gasteiger partial charge in [-0.2, -0.15) is 0 Å². The Kier molecular flexibility index (Phi) is 5.93. The number of hydrogen-bond donors (Lipinski definition) is 0. The monoisotopic (exact) mass is 408 g/mol. The van der Waals surface area contributed by atoms with E-state index < -0.39 is 0 Å². The van der Waals surface area contributed by atoms with E-state index in [2.05, 4.69) is 0 Å². The van der Waals surface area contributed by atoms with Crippen molar-refractivity contribution in [1.82, 2.24) is 9.47 Å². The predicted molar refractivity (Wildman–Crippen MR) is 114 cm³/mol. The van der Waals surface area contributed by atoms with Gasteiger partial charge in [-0.3, -0.25) is 9.59 Å². The summed E-state index contributed by atoms with van der Waals surface area (Å²) in [4.78, 5) is 27.2. The fourth-order valence-electron chi connectivity index (χ4n) is 4.24. The van der Waals surface area contributed by atoms with Gasteiger partial charge in [0, 0.05) is 43.2 Å². The van der Waals surface area contributed by atoms with Gasteiger partial charge in [0.1, 0.15) is 11.3 Å². The molecule has 4 rings (SSSR count). The van der Waals surface area contributed by atoms with E-state index in [0.717, 1.165) is 47.9 Å². The summed E-state index contributed by atoms with van der Waals surface area (Å²) >= 11 is 0. The number of furan rings is 1. The molecule has 0 radical (unpaired) electrons. The number of carbonyl (C=O) groups excluding carboxylic acids is 2. The van der Waals surface area contributed by atoms with Crippen LogP contribution in [0.4, 0.5) is 0 Å². The molecule has 1 aliphatic rings. The predicted octanol–water partition coefficient (Wildman–Crippen LogP) is 4.25. The van der Waals surface area contributed by atoms with E-state index in [1.54, 1.807) is 6.26 Å². The molecule has 0 bridgehead atoms. The Morgan fingerprint density at radius 3 is 2.90 bits per heavy atom. The Labute approximate surface area is 176 Å². The number of ether oxygens (including phenoxy) is 1. The van der Waals surface area contributed by atoms with Crippen LogP contribution in [0.3, 0.4) is 0 Å². The zero-order chi connectivity index (χ0) is 21.1. The Bertz CT molecular complexity index is 1050. The van der Waals surface area contributed by atoms with Crippen molar-refractivity contribution < 1.29 is 18.7 Å². The van der Waals surface area contributed by atoms with Crippen molar-refractivity contribution in [3.63, 3.8) is 0 Å². The highest BCUT2D eigenvalue weighted by Gasteiger charge is 2.28. The molecule has 6 nitrogen and oxygen atoms in total. The number of nitrogens with zero attached hydrogens (tertiary/aromatic N) is 2. The molecule has 0 N–H and O–H groups in total. The number of aromatic nitrogens is 1. The van der Waals surface area contributed by atoms with Crippen LogP contribution in [0.15, 0.2) is 47.2 Å². The first-order valence-electron chi connectivity index (χ1n) is 10.6. The van der Waals surface area contributed by atoms with Gasteiger partial charge in [0.2, 0.25) is 0 Å². The van der Waals surface area contributed by atoms with Crippen LogP contribution in [0, 0.1) is 6.92 Å². The number of esters is 1. The van der Waals surface area contributed by atoms with Gasteiger partial charge in [-0.25, -0.2) is 0 Å². The molecule has 0 aliphatic carbocycles. The lowest BCUT2D eigenvalue weighted by atomic mass is 9.99. The normalized spacial score (nSPS) is 16.7. The van der Waals surface area contributed by atoms with Crippen molar-refractivity contribution in [2.45, 2.75) is 45.1 Å². The van der Waals surface area contributed by atoms with E-state index in [4.69, 9.17) is 9.15 Å². The fourth-order valence-corrected chi connectivity index (χ4v) is 4.24. The summed E-state index contributed by atoms with van der Waals surface area (Å²) in [6, 6.07) is 9.79. The van der Waals surface area contributed by atoms with Crippen molar-refractivity contribution in [2.75, 3.05) is 13.2 Å². The Morgan fingerprint density at radius 1 is 1.23 bits per heavy atom. The molecular formula is C24H28N2O4. The van der Waals surface area contributed by atoms with Crippen LogP contribution < -0.4 is 0 Å². The van der Waals surface area contributed by atoms with Crippen LogP contribution in [-0.4, -0.2) is 40.5 Å². The second-order valence-electron chi connectivity index (χ2n) is 8.10. The van der Waals surface area contributed by atoms with Gasteiger partial charge in [0.05, 0.1) is 19.3 Å². The van der Waals surface area contributed by atoms with Gasteiger partial charge >= 0.3 is 5.97 Å². The summed E-state index contributed by atoms with van der Waals surface area (Å²) in [6.07, 6.45) is 7.41. The molecule has 2 aromatic heterocycles. The second-order valence-corrected chi connectivity index (χ2v) is 8.10. The number of likely N-dealkylation sites (tertiary alicyclic amines) is 1. The van der Waals surface area contributed by atoms with E-state index in [1.165, 1.54) is 0 Å². The lowest BCUT2D eigenvalue weighted by molar-refractivity contribution is -0.143. The minimum Gasteiger partial charge on any atom is -0.465 e. The van der Waals surface area contributed by atoms with Crippen LogP contribution in [-0.2, 0) is 23.0 Å². The standard InChI is InChI=1S/C24H28N2O4/c1-17-8-9-20-18(16-30-22(20)14-17)15-23(27)29-13-10-19-6-3-4-12-26(19)24(28)21-7-5-11-25(21)2/h5,7-9,11,14,16,19H,3-4,6,10,12-13,15H2,1-2H3. The molecule has 1 atom stereocenters. The zero-order valence-corrected chi connectivity index (χ0v) is 17.6. The number of piperidine rings is 1. The minimum absolute atomic E-state index is 0.0543. The van der Waals surface area contributed by atoms with Gasteiger partial charge in [0.15, 0.2) is 0 Å². The first kappa shape index (κ1) is 20.3. The summed E-state index contributed by atoms with van der Waals surface area (Å²) in [7, 11) is 1.88. The summed E-state index contributed by atoms with van der Waals surface area (Å²) in [5, 5.41) is 0.948. The molecule has 0 saturated carbocycles. The smallest absolute Gasteiger partial charge is 0.310 e. The van der Waals surface area contributed by atoms with E-state index >= 15 is 0 Å². The van der Waals surface area contributed by atoms with Crippen LogP contribution in [0.1, 0.15) is 47.3 Å². The highest BCUT2D eigenvalue weighted by molar-refractivity contribution is 5.93. The average molecular weight is 408 g/mol. The summed E-state index contributed by atoms with van der Waals surface area (Å²) in [6.45, 7) is 3.07. The molecule has 30 heavy (non-hydrogen) atoms. The molecule has 1 aliphatic heterocycles. The lowest BCUT2D eigenvalue weighted by Gasteiger charge is -2.35. The summed E-state index contributed by atoms with van der Waals surface area (Å²) in [5.41, 5.74) is 3.44. The minimum atomic E-state index is -0.269. The van der Waals surface area contributed by atoms with Crippen LogP contribution >= 0.6 is 0 Å². The first-order valence-corrected chi connectivity index (χ1v) is 10.6. The van der Waals surface area contributed by atoms with Crippen molar-refractivity contribution in [2.24, 2.45) is 7.05 Å². The average Bonchev–Trinajstić information content (AvgIpc) is 3.33. The van der Waals surface area contributed by atoms with Crippen molar-refractivity contribution in [3.8, 4) is 0 Å². The number of rotatable bonds is 6. The quantitative estimate of drug-likeness (QED) is 0.572. The molecule has 0 spiro atoms. The van der Waals surface area contributed by atoms with Crippen molar-refractivity contribution >= 4 is 22.8 Å². The molecule has 3 aromatic rings. The van der Waals surface area contributed by atoms with E-state index in [1.807, 2.05) is 60.0 Å². The molecule has 1 aromatic carbocycles. The SMILES string of the molecule is Cc1ccc2c(CC(=O)OCCC3CCCCN3C(=O)c3cccn3C)coc2c1. The third-order valence-corrected chi connectivity index (χ3v) is 5.91. The Balaban J connectivity index is 1.32. The number of benzene rings is 1. The molecule has 3 heterocycles. The first-order chi connectivity index (χ1) is 14.5. The van der Waals surface area contributed by atoms with Gasteiger partial charge in [-0.1, -0.05) is 12.1 Å². The third kappa shape index (κ3) is 4.27. The lowest BCUT2D eigenvalue weighted by Crippen LogP contribution is -2.44. The highest BCUT2D eigenvalue weighted by atomic mass is 16.5. The molecule has 158 valence electrons. The van der Waals surface area contributed by atoms with Crippen LogP contribution in [0.2, 0.25) is 0 Å². The van der Waals surface area contributed by atoms with Crippen LogP contribution in [0.5, 0.6) is 0 Å². The number of fused-ring (bicyclic) bond motifs is 1. The van der Waals surface area contributed by atoms with E-state index in [0.29, 0.717) is 18.7 Å². The molecule has 1 saturated heterocycles. The van der Waals surface area contributed by atoms with Crippen molar-refractivity contribution in [3.05, 3.63) is 59.6 Å².